The van der Waals surface area contributed by atoms with Gasteiger partial charge in [0, 0.05) is 13.3 Å². The van der Waals surface area contributed by atoms with E-state index in [-0.39, 0.29) is 35.0 Å². The number of benzene rings is 1. The maximum atomic E-state index is 14.4. The second kappa shape index (κ2) is 7.48. The molecule has 0 aliphatic carbocycles. The Bertz CT molecular complexity index is 795. The highest BCUT2D eigenvalue weighted by atomic mass is 19.1. The highest BCUT2D eigenvalue weighted by molar-refractivity contribution is 5.96. The van der Waals surface area contributed by atoms with Gasteiger partial charge in [0.05, 0.1) is 25.0 Å². The van der Waals surface area contributed by atoms with Crippen molar-refractivity contribution in [1.29, 1.82) is 5.26 Å². The molecule has 0 fully saturated rings. The van der Waals surface area contributed by atoms with E-state index in [0.717, 1.165) is 4.57 Å². The van der Waals surface area contributed by atoms with Gasteiger partial charge in [0.2, 0.25) is 0 Å². The van der Waals surface area contributed by atoms with Crippen LogP contribution in [0.2, 0.25) is 0 Å². The van der Waals surface area contributed by atoms with Crippen molar-refractivity contribution in [2.75, 3.05) is 33.2 Å². The second-order valence-electron chi connectivity index (χ2n) is 4.71. The summed E-state index contributed by atoms with van der Waals surface area (Å²) in [7, 11) is 2.68. The molecule has 0 aliphatic rings. The quantitative estimate of drug-likeness (QED) is 0.640. The normalized spacial score (nSPS) is 10.2. The fourth-order valence-corrected chi connectivity index (χ4v) is 2.17. The number of hydrogen-bond donors (Lipinski definition) is 1. The maximum Gasteiger partial charge on any atom is 0.357 e. The van der Waals surface area contributed by atoms with Crippen LogP contribution in [0.4, 0.5) is 10.1 Å². The minimum Gasteiger partial charge on any atom is -0.489 e. The van der Waals surface area contributed by atoms with Crippen molar-refractivity contribution in [1.82, 2.24) is 4.57 Å². The molecule has 8 heteroatoms. The number of nitriles is 1. The number of methoxy groups -OCH3 is 2. The molecule has 7 nitrogen and oxygen atoms in total. The van der Waals surface area contributed by atoms with E-state index in [1.165, 1.54) is 38.6 Å². The third-order valence-corrected chi connectivity index (χ3v) is 3.28. The highest BCUT2D eigenvalue weighted by Crippen LogP contribution is 2.32. The van der Waals surface area contributed by atoms with Gasteiger partial charge in [-0.1, -0.05) is 6.07 Å². The summed E-state index contributed by atoms with van der Waals surface area (Å²) in [4.78, 5) is 12.0. The molecule has 0 radical (unpaired) electrons. The van der Waals surface area contributed by atoms with Gasteiger partial charge in [-0.05, 0) is 12.1 Å². The first-order valence-corrected chi connectivity index (χ1v) is 6.95. The van der Waals surface area contributed by atoms with E-state index in [1.807, 2.05) is 6.07 Å². The van der Waals surface area contributed by atoms with Gasteiger partial charge >= 0.3 is 5.97 Å². The summed E-state index contributed by atoms with van der Waals surface area (Å²) in [5.41, 5.74) is 5.58. The molecular weight excluding hydrogens is 317 g/mol. The van der Waals surface area contributed by atoms with Crippen LogP contribution in [-0.2, 0) is 9.47 Å². The van der Waals surface area contributed by atoms with Gasteiger partial charge in [-0.3, -0.25) is 0 Å². The number of aromatic nitrogens is 1. The monoisotopic (exact) mass is 333 g/mol. The van der Waals surface area contributed by atoms with E-state index in [0.29, 0.717) is 6.61 Å². The van der Waals surface area contributed by atoms with Crippen LogP contribution in [0.5, 0.6) is 5.75 Å². The first kappa shape index (κ1) is 17.3. The Morgan fingerprint density at radius 3 is 2.75 bits per heavy atom. The molecule has 24 heavy (non-hydrogen) atoms. The predicted octanol–water partition coefficient (Wildman–Crippen LogP) is 1.88. The highest BCUT2D eigenvalue weighted by Gasteiger charge is 2.25. The average Bonchev–Trinajstić information content (AvgIpc) is 2.90. The van der Waals surface area contributed by atoms with Gasteiger partial charge in [-0.2, -0.15) is 5.26 Å². The van der Waals surface area contributed by atoms with Crippen LogP contribution in [0.15, 0.2) is 24.4 Å². The van der Waals surface area contributed by atoms with E-state index >= 15 is 0 Å². The van der Waals surface area contributed by atoms with Gasteiger partial charge in [-0.25, -0.2) is 9.18 Å². The number of ether oxygens (including phenoxy) is 3. The lowest BCUT2D eigenvalue weighted by molar-refractivity contribution is 0.0593. The third kappa shape index (κ3) is 3.16. The molecule has 2 rings (SSSR count). The minimum absolute atomic E-state index is 0.0292. The number of esters is 1. The van der Waals surface area contributed by atoms with Gasteiger partial charge in [0.1, 0.15) is 24.1 Å². The van der Waals surface area contributed by atoms with Crippen molar-refractivity contribution < 1.29 is 23.4 Å². The molecule has 0 saturated carbocycles. The smallest absolute Gasteiger partial charge is 0.357 e. The Morgan fingerprint density at radius 1 is 1.38 bits per heavy atom. The van der Waals surface area contributed by atoms with Crippen molar-refractivity contribution in [2.45, 2.75) is 0 Å². The Labute approximate surface area is 137 Å². The summed E-state index contributed by atoms with van der Waals surface area (Å²) >= 11 is 0. The summed E-state index contributed by atoms with van der Waals surface area (Å²) in [6, 6.07) is 6.08. The number of nitrogen functional groups attached to an aromatic ring is 1. The number of nitrogens with two attached hydrogens (primary N) is 1. The lowest BCUT2D eigenvalue weighted by Gasteiger charge is -2.15. The molecule has 1 aromatic carbocycles. The molecule has 1 aromatic heterocycles. The topological polar surface area (TPSA) is 99.5 Å². The zero-order chi connectivity index (χ0) is 17.7. The van der Waals surface area contributed by atoms with E-state index < -0.39 is 11.8 Å². The summed E-state index contributed by atoms with van der Waals surface area (Å²) in [5, 5.41) is 9.13. The fraction of sp³-hybridized carbons (Fsp3) is 0.250. The number of hydrogen-bond acceptors (Lipinski definition) is 6. The van der Waals surface area contributed by atoms with E-state index in [9.17, 15) is 9.18 Å². The molecule has 0 aliphatic heterocycles. The molecule has 2 aromatic rings. The van der Waals surface area contributed by atoms with E-state index in [1.54, 1.807) is 0 Å². The van der Waals surface area contributed by atoms with E-state index in [2.05, 4.69) is 4.74 Å². The molecule has 126 valence electrons. The number of carbonyl (C=O) groups excluding carboxylic acids is 1. The van der Waals surface area contributed by atoms with Gasteiger partial charge in [0.15, 0.2) is 11.5 Å². The number of para-hydroxylation sites is 1. The molecule has 2 N–H and O–H groups in total. The van der Waals surface area contributed by atoms with Gasteiger partial charge < -0.3 is 24.5 Å². The van der Waals surface area contributed by atoms with Crippen LogP contribution in [-0.4, -0.2) is 38.0 Å². The summed E-state index contributed by atoms with van der Waals surface area (Å²) in [6.07, 6.45) is 1.27. The third-order valence-electron chi connectivity index (χ3n) is 3.28. The molecule has 0 unspecified atom stereocenters. The first-order valence-electron chi connectivity index (χ1n) is 6.95. The van der Waals surface area contributed by atoms with Crippen molar-refractivity contribution >= 4 is 11.7 Å². The second-order valence-corrected chi connectivity index (χ2v) is 4.71. The lowest BCUT2D eigenvalue weighted by atomic mass is 10.2. The maximum absolute atomic E-state index is 14.4. The molecule has 0 saturated heterocycles. The number of anilines is 1. The van der Waals surface area contributed by atoms with Crippen LogP contribution >= 0.6 is 0 Å². The summed E-state index contributed by atoms with van der Waals surface area (Å²) in [6.45, 7) is 0.486. The van der Waals surface area contributed by atoms with Crippen LogP contribution in [0.1, 0.15) is 16.1 Å². The van der Waals surface area contributed by atoms with Crippen molar-refractivity contribution in [3.8, 4) is 17.5 Å². The SMILES string of the molecule is COCCOc1cccc(F)c1-n1cc(C#N)c(N)c1C(=O)OC. The molecule has 0 spiro atoms. The standard InChI is InChI=1S/C16H16FN3O4/c1-22-6-7-24-12-5-3-4-11(17)14(12)20-9-10(8-18)13(19)15(20)16(21)23-2/h3-5,9H,6-7,19H2,1-2H3. The van der Waals surface area contributed by atoms with Crippen molar-refractivity contribution in [3.63, 3.8) is 0 Å². The fourth-order valence-electron chi connectivity index (χ4n) is 2.17. The van der Waals surface area contributed by atoms with Crippen LogP contribution in [0.3, 0.4) is 0 Å². The number of nitrogens with zero attached hydrogens (tertiary/aromatic N) is 2. The van der Waals surface area contributed by atoms with Crippen molar-refractivity contribution in [2.24, 2.45) is 0 Å². The Morgan fingerprint density at radius 2 is 2.12 bits per heavy atom. The summed E-state index contributed by atoms with van der Waals surface area (Å²) < 4.78 is 30.7. The minimum atomic E-state index is -0.792. The van der Waals surface area contributed by atoms with Gasteiger partial charge in [0.25, 0.3) is 0 Å². The first-order chi connectivity index (χ1) is 11.5. The number of rotatable bonds is 6. The van der Waals surface area contributed by atoms with Crippen LogP contribution in [0.25, 0.3) is 5.69 Å². The zero-order valence-electron chi connectivity index (χ0n) is 13.2. The Kier molecular flexibility index (Phi) is 5.39. The zero-order valence-corrected chi connectivity index (χ0v) is 13.2. The van der Waals surface area contributed by atoms with Crippen LogP contribution < -0.4 is 10.5 Å². The Balaban J connectivity index is 2.64. The van der Waals surface area contributed by atoms with Gasteiger partial charge in [-0.15, -0.1) is 0 Å². The summed E-state index contributed by atoms with van der Waals surface area (Å²) in [5.74, 6) is -1.26. The average molecular weight is 333 g/mol. The molecule has 0 bridgehead atoms. The lowest BCUT2D eigenvalue weighted by Crippen LogP contribution is -2.14. The Hall–Kier alpha value is -3.05. The predicted molar refractivity (Wildman–Crippen MR) is 83.6 cm³/mol. The van der Waals surface area contributed by atoms with Crippen LogP contribution in [0, 0.1) is 17.1 Å². The number of carbonyl (C=O) groups is 1. The largest absolute Gasteiger partial charge is 0.489 e. The van der Waals surface area contributed by atoms with E-state index in [4.69, 9.17) is 20.5 Å². The molecule has 0 amide bonds. The molecular formula is C16H16FN3O4. The molecule has 0 atom stereocenters. The molecule has 1 heterocycles. The van der Waals surface area contributed by atoms with Crippen molar-refractivity contribution in [3.05, 3.63) is 41.5 Å². The number of halogens is 1.